The Morgan fingerprint density at radius 2 is 2.23 bits per heavy atom. The van der Waals surface area contributed by atoms with Gasteiger partial charge in [-0.2, -0.15) is 0 Å². The Kier molecular flexibility index (Phi) is 4.02. The maximum absolute atomic E-state index is 5.89. The molecule has 0 bridgehead atoms. The van der Waals surface area contributed by atoms with Crippen molar-refractivity contribution in [1.82, 2.24) is 4.90 Å². The average molecular weight is 206 g/mol. The van der Waals surface area contributed by atoms with Crippen molar-refractivity contribution in [3.05, 3.63) is 0 Å². The summed E-state index contributed by atoms with van der Waals surface area (Å²) in [5.41, 5.74) is 0.0769. The van der Waals surface area contributed by atoms with Gasteiger partial charge in [0.25, 0.3) is 0 Å². The van der Waals surface area contributed by atoms with Gasteiger partial charge < -0.3 is 4.74 Å². The second-order valence-corrected chi connectivity index (χ2v) is 4.73. The minimum Gasteiger partial charge on any atom is -0.377 e. The summed E-state index contributed by atoms with van der Waals surface area (Å²) in [6.45, 7) is 6.25. The van der Waals surface area contributed by atoms with Gasteiger partial charge in [-0.1, -0.05) is 0 Å². The zero-order chi connectivity index (χ0) is 9.90. The van der Waals surface area contributed by atoms with E-state index in [0.29, 0.717) is 12.0 Å². The van der Waals surface area contributed by atoms with Gasteiger partial charge >= 0.3 is 0 Å². The van der Waals surface area contributed by atoms with Crippen molar-refractivity contribution < 1.29 is 4.74 Å². The Balaban J connectivity index is 2.34. The van der Waals surface area contributed by atoms with Crippen molar-refractivity contribution in [1.29, 1.82) is 0 Å². The molecule has 0 saturated carbocycles. The maximum atomic E-state index is 5.89. The zero-order valence-electron chi connectivity index (χ0n) is 8.85. The van der Waals surface area contributed by atoms with Crippen molar-refractivity contribution in [3.8, 4) is 0 Å². The van der Waals surface area contributed by atoms with E-state index >= 15 is 0 Å². The standard InChI is InChI=1S/C10H20ClNO/c1-10(2,8-11)12(3)7-9-5-4-6-13-9/h9H,4-8H2,1-3H3. The number of nitrogens with zero attached hydrogens (tertiary/aromatic N) is 1. The van der Waals surface area contributed by atoms with Gasteiger partial charge in [0, 0.05) is 24.6 Å². The first-order valence-corrected chi connectivity index (χ1v) is 5.48. The van der Waals surface area contributed by atoms with Crippen molar-refractivity contribution in [2.75, 3.05) is 26.1 Å². The molecule has 2 nitrogen and oxygen atoms in total. The molecule has 0 aliphatic carbocycles. The first kappa shape index (κ1) is 11.3. The third-order valence-corrected chi connectivity index (χ3v) is 3.52. The van der Waals surface area contributed by atoms with Crippen molar-refractivity contribution in [3.63, 3.8) is 0 Å². The van der Waals surface area contributed by atoms with Crippen LogP contribution in [0.25, 0.3) is 0 Å². The highest BCUT2D eigenvalue weighted by atomic mass is 35.5. The second kappa shape index (κ2) is 4.63. The van der Waals surface area contributed by atoms with Crippen LogP contribution in [0, 0.1) is 0 Å². The summed E-state index contributed by atoms with van der Waals surface area (Å²) in [6, 6.07) is 0. The lowest BCUT2D eigenvalue weighted by Gasteiger charge is -2.35. The molecule has 0 radical (unpaired) electrons. The molecule has 1 rings (SSSR count). The molecule has 1 heterocycles. The molecule has 78 valence electrons. The summed E-state index contributed by atoms with van der Waals surface area (Å²) >= 11 is 5.89. The fourth-order valence-electron chi connectivity index (χ4n) is 1.44. The number of hydrogen-bond donors (Lipinski definition) is 0. The van der Waals surface area contributed by atoms with Gasteiger partial charge in [-0.05, 0) is 33.7 Å². The summed E-state index contributed by atoms with van der Waals surface area (Å²) in [7, 11) is 2.12. The second-order valence-electron chi connectivity index (χ2n) is 4.46. The van der Waals surface area contributed by atoms with Crippen LogP contribution in [0.1, 0.15) is 26.7 Å². The first-order valence-electron chi connectivity index (χ1n) is 4.95. The fraction of sp³-hybridized carbons (Fsp3) is 1.00. The number of halogens is 1. The predicted molar refractivity (Wildman–Crippen MR) is 56.4 cm³/mol. The van der Waals surface area contributed by atoms with Gasteiger partial charge in [0.1, 0.15) is 0 Å². The van der Waals surface area contributed by atoms with Gasteiger partial charge in [0.2, 0.25) is 0 Å². The largest absolute Gasteiger partial charge is 0.377 e. The van der Waals surface area contributed by atoms with E-state index in [1.165, 1.54) is 12.8 Å². The van der Waals surface area contributed by atoms with E-state index in [2.05, 4.69) is 25.8 Å². The molecule has 1 unspecified atom stereocenters. The third-order valence-electron chi connectivity index (χ3n) is 2.86. The van der Waals surface area contributed by atoms with E-state index in [9.17, 15) is 0 Å². The molecule has 0 spiro atoms. The monoisotopic (exact) mass is 205 g/mol. The van der Waals surface area contributed by atoms with Crippen LogP contribution in [0.2, 0.25) is 0 Å². The highest BCUT2D eigenvalue weighted by molar-refractivity contribution is 6.18. The lowest BCUT2D eigenvalue weighted by Crippen LogP contribution is -2.46. The molecule has 0 aromatic carbocycles. The van der Waals surface area contributed by atoms with Gasteiger partial charge in [0.05, 0.1) is 6.10 Å². The smallest absolute Gasteiger partial charge is 0.0702 e. The van der Waals surface area contributed by atoms with E-state index < -0.39 is 0 Å². The van der Waals surface area contributed by atoms with Crippen LogP contribution in [-0.4, -0.2) is 42.6 Å². The third kappa shape index (κ3) is 3.12. The molecule has 0 aromatic rings. The minimum absolute atomic E-state index is 0.0769. The van der Waals surface area contributed by atoms with E-state index in [1.807, 2.05) is 0 Å². The zero-order valence-corrected chi connectivity index (χ0v) is 9.60. The van der Waals surface area contributed by atoms with Gasteiger partial charge in [-0.15, -0.1) is 11.6 Å². The molecule has 3 heteroatoms. The van der Waals surface area contributed by atoms with Crippen molar-refractivity contribution in [2.24, 2.45) is 0 Å². The molecule has 1 saturated heterocycles. The average Bonchev–Trinajstić information content (AvgIpc) is 2.57. The highest BCUT2D eigenvalue weighted by Gasteiger charge is 2.26. The van der Waals surface area contributed by atoms with Crippen LogP contribution in [-0.2, 0) is 4.74 Å². The van der Waals surface area contributed by atoms with Crippen LogP contribution >= 0.6 is 11.6 Å². The Labute approximate surface area is 86.2 Å². The van der Waals surface area contributed by atoms with Gasteiger partial charge in [-0.3, -0.25) is 4.90 Å². The molecule has 1 aliphatic rings. The SMILES string of the molecule is CN(CC1CCCO1)C(C)(C)CCl. The fourth-order valence-corrected chi connectivity index (χ4v) is 1.65. The summed E-state index contributed by atoms with van der Waals surface area (Å²) in [5, 5.41) is 0. The number of rotatable bonds is 4. The van der Waals surface area contributed by atoms with Crippen LogP contribution < -0.4 is 0 Å². The minimum atomic E-state index is 0.0769. The van der Waals surface area contributed by atoms with E-state index in [0.717, 1.165) is 13.2 Å². The Morgan fingerprint density at radius 3 is 2.69 bits per heavy atom. The van der Waals surface area contributed by atoms with Gasteiger partial charge in [0.15, 0.2) is 0 Å². The van der Waals surface area contributed by atoms with Crippen LogP contribution in [0.4, 0.5) is 0 Å². The van der Waals surface area contributed by atoms with Crippen molar-refractivity contribution in [2.45, 2.75) is 38.3 Å². The van der Waals surface area contributed by atoms with Gasteiger partial charge in [-0.25, -0.2) is 0 Å². The molecule has 0 N–H and O–H groups in total. The molecule has 0 amide bonds. The Morgan fingerprint density at radius 1 is 1.54 bits per heavy atom. The maximum Gasteiger partial charge on any atom is 0.0702 e. The lowest BCUT2D eigenvalue weighted by atomic mass is 10.1. The predicted octanol–water partition coefficient (Wildman–Crippen LogP) is 2.11. The molecule has 1 fully saturated rings. The van der Waals surface area contributed by atoms with Crippen LogP contribution in [0.5, 0.6) is 0 Å². The Bertz CT molecular complexity index is 155. The summed E-state index contributed by atoms with van der Waals surface area (Å²) < 4.78 is 5.58. The highest BCUT2D eigenvalue weighted by Crippen LogP contribution is 2.19. The summed E-state index contributed by atoms with van der Waals surface area (Å²) in [6.07, 6.45) is 2.83. The normalized spacial score (nSPS) is 24.2. The molecular weight excluding hydrogens is 186 g/mol. The van der Waals surface area contributed by atoms with Crippen molar-refractivity contribution >= 4 is 11.6 Å². The Hall–Kier alpha value is 0.210. The summed E-state index contributed by atoms with van der Waals surface area (Å²) in [4.78, 5) is 2.29. The lowest BCUT2D eigenvalue weighted by molar-refractivity contribution is 0.0531. The van der Waals surface area contributed by atoms with Crippen LogP contribution in [0.15, 0.2) is 0 Å². The quantitative estimate of drug-likeness (QED) is 0.652. The van der Waals surface area contributed by atoms with E-state index in [1.54, 1.807) is 0 Å². The number of likely N-dealkylation sites (N-methyl/N-ethyl adjacent to an activating group) is 1. The van der Waals surface area contributed by atoms with E-state index in [-0.39, 0.29) is 5.54 Å². The number of hydrogen-bond acceptors (Lipinski definition) is 2. The molecule has 13 heavy (non-hydrogen) atoms. The number of alkyl halides is 1. The molecular formula is C10H20ClNO. The molecule has 1 aliphatic heterocycles. The van der Waals surface area contributed by atoms with E-state index in [4.69, 9.17) is 16.3 Å². The molecule has 0 aromatic heterocycles. The number of ether oxygens (including phenoxy) is 1. The summed E-state index contributed by atoms with van der Waals surface area (Å²) in [5.74, 6) is 0.663. The topological polar surface area (TPSA) is 12.5 Å². The van der Waals surface area contributed by atoms with Crippen LogP contribution in [0.3, 0.4) is 0 Å². The molecule has 1 atom stereocenters. The first-order chi connectivity index (χ1) is 6.06.